The quantitative estimate of drug-likeness (QED) is 0.0358. The Morgan fingerprint density at radius 1 is 0.481 bits per heavy atom. The molecule has 54 heavy (non-hydrogen) atoms. The Kier molecular flexibility index (Phi) is 38.9. The van der Waals surface area contributed by atoms with Crippen molar-refractivity contribution in [1.82, 2.24) is 10.6 Å². The molecule has 2 atom stereocenters. The molecule has 0 aliphatic heterocycles. The number of unbranched alkanes of at least 4 members (excludes halogenated alkanes) is 28. The summed E-state index contributed by atoms with van der Waals surface area (Å²) in [6.07, 6.45) is 41.5. The largest absolute Gasteiger partial charge is 0.480 e. The van der Waals surface area contributed by atoms with Gasteiger partial charge in [0.25, 0.3) is 0 Å². The van der Waals surface area contributed by atoms with Gasteiger partial charge >= 0.3 is 11.9 Å². The molecule has 0 aromatic rings. The number of aliphatic hydroxyl groups is 1. The van der Waals surface area contributed by atoms with Crippen molar-refractivity contribution in [3.05, 3.63) is 0 Å². The molecule has 0 fully saturated rings. The molecular weight excluding hydrogens is 681 g/mol. The van der Waals surface area contributed by atoms with Crippen molar-refractivity contribution < 1.29 is 34.1 Å². The van der Waals surface area contributed by atoms with E-state index in [1.165, 1.54) is 148 Å². The SMILES string of the molecule is CCCCCCCCCCCCCCCCCCCCCCC(=O)OC(CCCCCCCC)CCCCCCCC(=O)NCC(=O)NC(CO)C(=O)O. The van der Waals surface area contributed by atoms with Crippen LogP contribution in [0.1, 0.15) is 239 Å². The Hall–Kier alpha value is -2.16. The number of carbonyl (C=O) groups is 4. The standard InChI is InChI=1S/C45H86N2O7/c1-3-5-7-9-11-12-13-14-15-16-17-18-19-20-21-22-23-24-29-33-37-44(51)54-40(34-30-26-10-8-6-4-2)35-31-27-25-28-32-36-42(49)46-38-43(50)47-41(39-48)45(52)53/h40-41,48H,3-39H2,1-2H3,(H,46,49)(H,47,50)(H,52,53). The van der Waals surface area contributed by atoms with Crippen LogP contribution in [-0.2, 0) is 23.9 Å². The first-order chi connectivity index (χ1) is 26.3. The van der Waals surface area contributed by atoms with E-state index in [1.807, 2.05) is 0 Å². The Bertz CT molecular complexity index is 884. The predicted molar refractivity (Wildman–Crippen MR) is 222 cm³/mol. The lowest BCUT2D eigenvalue weighted by Gasteiger charge is -2.18. The Balaban J connectivity index is 3.98. The number of nitrogens with one attached hydrogen (secondary N) is 2. The molecule has 0 rings (SSSR count). The normalized spacial score (nSPS) is 12.4. The maximum Gasteiger partial charge on any atom is 0.328 e. The van der Waals surface area contributed by atoms with Gasteiger partial charge in [0.15, 0.2) is 0 Å². The summed E-state index contributed by atoms with van der Waals surface area (Å²) >= 11 is 0. The lowest BCUT2D eigenvalue weighted by atomic mass is 10.0. The van der Waals surface area contributed by atoms with Crippen LogP contribution in [0, 0.1) is 0 Å². The summed E-state index contributed by atoms with van der Waals surface area (Å²) in [5.41, 5.74) is 0. The molecule has 0 aromatic heterocycles. The van der Waals surface area contributed by atoms with E-state index in [0.29, 0.717) is 19.3 Å². The van der Waals surface area contributed by atoms with Crippen LogP contribution >= 0.6 is 0 Å². The van der Waals surface area contributed by atoms with Crippen molar-refractivity contribution in [3.8, 4) is 0 Å². The minimum absolute atomic E-state index is 0.00253. The molecular formula is C45H86N2O7. The third-order valence-electron chi connectivity index (χ3n) is 10.6. The van der Waals surface area contributed by atoms with E-state index in [0.717, 1.165) is 57.8 Å². The molecule has 0 spiro atoms. The molecule has 0 heterocycles. The number of ether oxygens (including phenoxy) is 1. The van der Waals surface area contributed by atoms with Gasteiger partial charge in [0.05, 0.1) is 13.2 Å². The van der Waals surface area contributed by atoms with Gasteiger partial charge in [0, 0.05) is 12.8 Å². The van der Waals surface area contributed by atoms with E-state index in [-0.39, 0.29) is 24.5 Å². The number of carboxylic acids is 1. The van der Waals surface area contributed by atoms with Crippen LogP contribution in [0.3, 0.4) is 0 Å². The van der Waals surface area contributed by atoms with Gasteiger partial charge in [-0.1, -0.05) is 187 Å². The number of aliphatic carboxylic acids is 1. The van der Waals surface area contributed by atoms with E-state index in [1.54, 1.807) is 0 Å². The maximum absolute atomic E-state index is 12.7. The predicted octanol–water partition coefficient (Wildman–Crippen LogP) is 11.3. The topological polar surface area (TPSA) is 142 Å². The van der Waals surface area contributed by atoms with Crippen LogP contribution in [0.4, 0.5) is 0 Å². The highest BCUT2D eigenvalue weighted by atomic mass is 16.5. The summed E-state index contributed by atoms with van der Waals surface area (Å²) in [6, 6.07) is -1.38. The van der Waals surface area contributed by atoms with Crippen molar-refractivity contribution in [2.75, 3.05) is 13.2 Å². The number of carboxylic acid groups (broad SMARTS) is 1. The minimum Gasteiger partial charge on any atom is -0.480 e. The van der Waals surface area contributed by atoms with Gasteiger partial charge in [-0.3, -0.25) is 14.4 Å². The summed E-state index contributed by atoms with van der Waals surface area (Å²) in [5.74, 6) is -2.28. The van der Waals surface area contributed by atoms with Crippen LogP contribution in [0.15, 0.2) is 0 Å². The fourth-order valence-corrected chi connectivity index (χ4v) is 7.07. The number of hydrogen-bond donors (Lipinski definition) is 4. The van der Waals surface area contributed by atoms with Crippen molar-refractivity contribution in [3.63, 3.8) is 0 Å². The Morgan fingerprint density at radius 3 is 1.20 bits per heavy atom. The number of hydrogen-bond acceptors (Lipinski definition) is 6. The lowest BCUT2D eigenvalue weighted by Crippen LogP contribution is -2.47. The van der Waals surface area contributed by atoms with Gasteiger partial charge in [-0.05, 0) is 38.5 Å². The first-order valence-corrected chi connectivity index (χ1v) is 22.9. The average molecular weight is 767 g/mol. The number of carbonyl (C=O) groups excluding carboxylic acids is 3. The van der Waals surface area contributed by atoms with Gasteiger partial charge < -0.3 is 25.6 Å². The molecule has 0 radical (unpaired) electrons. The molecule has 4 N–H and O–H groups in total. The molecule has 2 amide bonds. The van der Waals surface area contributed by atoms with Crippen LogP contribution in [0.2, 0.25) is 0 Å². The van der Waals surface area contributed by atoms with Gasteiger partial charge in [-0.25, -0.2) is 4.79 Å². The lowest BCUT2D eigenvalue weighted by molar-refractivity contribution is -0.150. The van der Waals surface area contributed by atoms with Crippen LogP contribution < -0.4 is 10.6 Å². The molecule has 2 unspecified atom stereocenters. The zero-order chi connectivity index (χ0) is 39.7. The zero-order valence-corrected chi connectivity index (χ0v) is 35.3. The maximum atomic E-state index is 12.7. The highest BCUT2D eigenvalue weighted by Crippen LogP contribution is 2.19. The van der Waals surface area contributed by atoms with Crippen LogP contribution in [0.25, 0.3) is 0 Å². The summed E-state index contributed by atoms with van der Waals surface area (Å²) in [5, 5.41) is 22.5. The average Bonchev–Trinajstić information content (AvgIpc) is 3.15. The van der Waals surface area contributed by atoms with Crippen molar-refractivity contribution in [1.29, 1.82) is 0 Å². The Morgan fingerprint density at radius 2 is 0.833 bits per heavy atom. The van der Waals surface area contributed by atoms with Gasteiger partial charge in [0.2, 0.25) is 11.8 Å². The van der Waals surface area contributed by atoms with E-state index >= 15 is 0 Å². The summed E-state index contributed by atoms with van der Waals surface area (Å²) in [7, 11) is 0. The molecule has 0 aliphatic carbocycles. The van der Waals surface area contributed by atoms with E-state index < -0.39 is 24.5 Å². The minimum atomic E-state index is -1.38. The highest BCUT2D eigenvalue weighted by molar-refractivity contribution is 5.87. The highest BCUT2D eigenvalue weighted by Gasteiger charge is 2.19. The smallest absolute Gasteiger partial charge is 0.328 e. The molecule has 0 aromatic carbocycles. The molecule has 0 saturated heterocycles. The molecule has 0 saturated carbocycles. The number of esters is 1. The molecule has 0 aliphatic rings. The third-order valence-corrected chi connectivity index (χ3v) is 10.6. The van der Waals surface area contributed by atoms with Gasteiger partial charge in [-0.2, -0.15) is 0 Å². The molecule has 0 bridgehead atoms. The Labute approximate surface area is 331 Å². The van der Waals surface area contributed by atoms with E-state index in [2.05, 4.69) is 24.5 Å². The molecule has 9 heteroatoms. The van der Waals surface area contributed by atoms with Crippen molar-refractivity contribution in [2.24, 2.45) is 0 Å². The zero-order valence-electron chi connectivity index (χ0n) is 35.3. The summed E-state index contributed by atoms with van der Waals surface area (Å²) < 4.78 is 6.00. The van der Waals surface area contributed by atoms with Crippen LogP contribution in [0.5, 0.6) is 0 Å². The van der Waals surface area contributed by atoms with Crippen LogP contribution in [-0.4, -0.2) is 59.3 Å². The second-order valence-corrected chi connectivity index (χ2v) is 15.9. The second-order valence-electron chi connectivity index (χ2n) is 15.9. The third kappa shape index (κ3) is 36.8. The van der Waals surface area contributed by atoms with Crippen molar-refractivity contribution >= 4 is 23.8 Å². The number of aliphatic hydroxyl groups excluding tert-OH is 1. The second kappa shape index (κ2) is 40.5. The fourth-order valence-electron chi connectivity index (χ4n) is 7.07. The first kappa shape index (κ1) is 51.8. The van der Waals surface area contributed by atoms with E-state index in [4.69, 9.17) is 14.9 Å². The summed E-state index contributed by atoms with van der Waals surface area (Å²) in [6.45, 7) is 3.48. The monoisotopic (exact) mass is 767 g/mol. The van der Waals surface area contributed by atoms with Gasteiger partial charge in [0.1, 0.15) is 12.1 Å². The number of amides is 2. The number of rotatable bonds is 42. The van der Waals surface area contributed by atoms with Gasteiger partial charge in [-0.15, -0.1) is 0 Å². The van der Waals surface area contributed by atoms with E-state index in [9.17, 15) is 19.2 Å². The fraction of sp³-hybridized carbons (Fsp3) is 0.911. The molecule has 318 valence electrons. The summed E-state index contributed by atoms with van der Waals surface area (Å²) in [4.78, 5) is 47.4. The first-order valence-electron chi connectivity index (χ1n) is 22.9. The van der Waals surface area contributed by atoms with Crippen molar-refractivity contribution in [2.45, 2.75) is 251 Å². The molecule has 9 nitrogen and oxygen atoms in total.